The molecule has 2 unspecified atom stereocenters. The molecule has 0 spiro atoms. The van der Waals surface area contributed by atoms with Gasteiger partial charge in [0.25, 0.3) is 0 Å². The number of aromatic nitrogens is 2. The van der Waals surface area contributed by atoms with Crippen LogP contribution in [0.1, 0.15) is 43.9 Å². The van der Waals surface area contributed by atoms with Crippen molar-refractivity contribution in [3.63, 3.8) is 0 Å². The van der Waals surface area contributed by atoms with Gasteiger partial charge in [-0.3, -0.25) is 0 Å². The molecule has 1 aromatic heterocycles. The molecule has 0 saturated heterocycles. The number of benzene rings is 1. The van der Waals surface area contributed by atoms with Crippen molar-refractivity contribution in [1.29, 1.82) is 0 Å². The molecule has 1 fully saturated rings. The monoisotopic (exact) mass is 303 g/mol. The Labute approximate surface area is 129 Å². The smallest absolute Gasteiger partial charge is 0.231 e. The highest BCUT2D eigenvalue weighted by Crippen LogP contribution is 2.31. The Bertz CT molecular complexity index is 581. The van der Waals surface area contributed by atoms with Crippen molar-refractivity contribution in [3.05, 3.63) is 30.2 Å². The van der Waals surface area contributed by atoms with E-state index in [9.17, 15) is 0 Å². The van der Waals surface area contributed by atoms with Gasteiger partial charge >= 0.3 is 0 Å². The van der Waals surface area contributed by atoms with Gasteiger partial charge in [0.05, 0.1) is 5.92 Å². The first-order chi connectivity index (χ1) is 10.3. The molecule has 1 aromatic carbocycles. The zero-order valence-corrected chi connectivity index (χ0v) is 13.1. The molecule has 2 N–H and O–H groups in total. The van der Waals surface area contributed by atoms with Crippen LogP contribution >= 0.6 is 11.8 Å². The zero-order chi connectivity index (χ0) is 14.7. The summed E-state index contributed by atoms with van der Waals surface area (Å²) < 4.78 is 5.49. The lowest BCUT2D eigenvalue weighted by molar-refractivity contribution is 0.326. The quantitative estimate of drug-likeness (QED) is 0.689. The molecule has 2 atom stereocenters. The van der Waals surface area contributed by atoms with Gasteiger partial charge in [0.15, 0.2) is 0 Å². The maximum Gasteiger partial charge on any atom is 0.231 e. The molecule has 1 aliphatic rings. The van der Waals surface area contributed by atoms with E-state index < -0.39 is 0 Å². The molecular formula is C16H21N3OS. The van der Waals surface area contributed by atoms with Gasteiger partial charge in [-0.25, -0.2) is 0 Å². The highest BCUT2D eigenvalue weighted by Gasteiger charge is 2.27. The fraction of sp³-hybridized carbons (Fsp3) is 0.500. The maximum atomic E-state index is 6.27. The van der Waals surface area contributed by atoms with E-state index in [0.717, 1.165) is 18.4 Å². The van der Waals surface area contributed by atoms with Crippen molar-refractivity contribution in [2.45, 2.75) is 49.0 Å². The van der Waals surface area contributed by atoms with E-state index in [0.29, 0.717) is 11.7 Å². The van der Waals surface area contributed by atoms with Crippen LogP contribution in [0.15, 0.2) is 33.7 Å². The van der Waals surface area contributed by atoms with Gasteiger partial charge < -0.3 is 10.3 Å². The third kappa shape index (κ3) is 3.30. The fourth-order valence-corrected chi connectivity index (χ4v) is 3.29. The predicted molar refractivity (Wildman–Crippen MR) is 85.3 cm³/mol. The highest BCUT2D eigenvalue weighted by atomic mass is 32.2. The van der Waals surface area contributed by atoms with E-state index in [-0.39, 0.29) is 12.0 Å². The number of hydrogen-bond donors (Lipinski definition) is 1. The normalized spacial score (nSPS) is 23.0. The molecule has 3 rings (SSSR count). The number of nitrogens with two attached hydrogens (primary N) is 1. The average Bonchev–Trinajstić information content (AvgIpc) is 2.90. The van der Waals surface area contributed by atoms with E-state index in [1.807, 2.05) is 12.1 Å². The summed E-state index contributed by atoms with van der Waals surface area (Å²) in [6, 6.07) is 8.36. The summed E-state index contributed by atoms with van der Waals surface area (Å²) in [5.41, 5.74) is 7.26. The molecule has 5 heteroatoms. The third-order valence-electron chi connectivity index (χ3n) is 4.18. The van der Waals surface area contributed by atoms with Crippen LogP contribution in [0.5, 0.6) is 0 Å². The first-order valence-corrected chi connectivity index (χ1v) is 8.74. The van der Waals surface area contributed by atoms with Crippen LogP contribution in [0.3, 0.4) is 0 Å². The minimum atomic E-state index is 0.139. The van der Waals surface area contributed by atoms with Crippen molar-refractivity contribution in [2.75, 3.05) is 6.26 Å². The molecule has 0 aliphatic heterocycles. The van der Waals surface area contributed by atoms with Crippen molar-refractivity contribution in [2.24, 2.45) is 5.73 Å². The van der Waals surface area contributed by atoms with Crippen LogP contribution in [-0.2, 0) is 0 Å². The van der Waals surface area contributed by atoms with Gasteiger partial charge in [0, 0.05) is 16.5 Å². The fourth-order valence-electron chi connectivity index (χ4n) is 2.89. The molecule has 0 radical (unpaired) electrons. The minimum Gasteiger partial charge on any atom is -0.339 e. The van der Waals surface area contributed by atoms with Gasteiger partial charge in [-0.2, -0.15) is 4.98 Å². The van der Waals surface area contributed by atoms with Crippen LogP contribution in [0.4, 0.5) is 0 Å². The zero-order valence-electron chi connectivity index (χ0n) is 12.3. The first-order valence-electron chi connectivity index (χ1n) is 7.51. The molecule has 0 amide bonds. The molecule has 1 aliphatic carbocycles. The Balaban J connectivity index is 1.81. The van der Waals surface area contributed by atoms with Crippen LogP contribution < -0.4 is 5.73 Å². The molecule has 1 saturated carbocycles. The Kier molecular flexibility index (Phi) is 4.60. The molecule has 2 aromatic rings. The lowest BCUT2D eigenvalue weighted by Gasteiger charge is -2.16. The van der Waals surface area contributed by atoms with E-state index in [4.69, 9.17) is 10.3 Å². The average molecular weight is 303 g/mol. The van der Waals surface area contributed by atoms with E-state index in [1.54, 1.807) is 11.8 Å². The van der Waals surface area contributed by atoms with Gasteiger partial charge in [-0.15, -0.1) is 11.8 Å². The van der Waals surface area contributed by atoms with Gasteiger partial charge in [0.2, 0.25) is 11.7 Å². The second-order valence-electron chi connectivity index (χ2n) is 5.59. The van der Waals surface area contributed by atoms with E-state index in [1.165, 1.54) is 24.2 Å². The molecule has 0 bridgehead atoms. The molecule has 21 heavy (non-hydrogen) atoms. The Morgan fingerprint density at radius 2 is 1.90 bits per heavy atom. The summed E-state index contributed by atoms with van der Waals surface area (Å²) in [4.78, 5) is 5.82. The second-order valence-corrected chi connectivity index (χ2v) is 6.47. The summed E-state index contributed by atoms with van der Waals surface area (Å²) in [6.45, 7) is 0. The van der Waals surface area contributed by atoms with Crippen LogP contribution in [0.2, 0.25) is 0 Å². The Morgan fingerprint density at radius 3 is 2.67 bits per heavy atom. The summed E-state index contributed by atoms with van der Waals surface area (Å²) in [5, 5.41) is 4.13. The number of nitrogens with zero attached hydrogens (tertiary/aromatic N) is 2. The summed E-state index contributed by atoms with van der Waals surface area (Å²) in [5.74, 6) is 1.57. The summed E-state index contributed by atoms with van der Waals surface area (Å²) in [7, 11) is 0. The Hall–Kier alpha value is -1.33. The molecular weight excluding hydrogens is 282 g/mol. The van der Waals surface area contributed by atoms with Gasteiger partial charge in [-0.05, 0) is 43.4 Å². The van der Waals surface area contributed by atoms with Crippen molar-refractivity contribution in [3.8, 4) is 11.4 Å². The lowest BCUT2D eigenvalue weighted by atomic mass is 9.95. The topological polar surface area (TPSA) is 64.9 Å². The highest BCUT2D eigenvalue weighted by molar-refractivity contribution is 7.98. The first kappa shape index (κ1) is 14.6. The third-order valence-corrected chi connectivity index (χ3v) is 4.92. The van der Waals surface area contributed by atoms with Crippen molar-refractivity contribution < 1.29 is 4.52 Å². The lowest BCUT2D eigenvalue weighted by Crippen LogP contribution is -2.27. The predicted octanol–water partition coefficient (Wildman–Crippen LogP) is 3.83. The largest absolute Gasteiger partial charge is 0.339 e. The van der Waals surface area contributed by atoms with Gasteiger partial charge in [-0.1, -0.05) is 24.4 Å². The summed E-state index contributed by atoms with van der Waals surface area (Å²) in [6.07, 6.45) is 7.81. The molecule has 4 nitrogen and oxygen atoms in total. The van der Waals surface area contributed by atoms with E-state index >= 15 is 0 Å². The molecule has 1 heterocycles. The van der Waals surface area contributed by atoms with Gasteiger partial charge in [0.1, 0.15) is 0 Å². The van der Waals surface area contributed by atoms with E-state index in [2.05, 4.69) is 28.5 Å². The second kappa shape index (κ2) is 6.62. The Morgan fingerprint density at radius 1 is 1.14 bits per heavy atom. The number of thioether (sulfide) groups is 1. The van der Waals surface area contributed by atoms with Crippen LogP contribution in [-0.4, -0.2) is 22.4 Å². The molecule has 112 valence electrons. The SMILES string of the molecule is CSc1ccc(-c2noc(C3CCCCCC3N)n2)cc1. The van der Waals surface area contributed by atoms with Crippen molar-refractivity contribution >= 4 is 11.8 Å². The number of rotatable bonds is 3. The summed E-state index contributed by atoms with van der Waals surface area (Å²) >= 11 is 1.72. The van der Waals surface area contributed by atoms with Crippen molar-refractivity contribution in [1.82, 2.24) is 10.1 Å². The maximum absolute atomic E-state index is 6.27. The minimum absolute atomic E-state index is 0.139. The van der Waals surface area contributed by atoms with Crippen LogP contribution in [0.25, 0.3) is 11.4 Å². The standard InChI is InChI=1S/C16H21N3OS/c1-21-12-9-7-11(8-10-12)15-18-16(20-19-15)13-5-3-2-4-6-14(13)17/h7-10,13-14H,2-6,17H2,1H3. The number of hydrogen-bond acceptors (Lipinski definition) is 5. The van der Waals surface area contributed by atoms with Crippen LogP contribution in [0, 0.1) is 0 Å².